The van der Waals surface area contributed by atoms with E-state index in [9.17, 15) is 9.59 Å². The number of hydrogen-bond donors (Lipinski definition) is 1. The molecule has 0 bridgehead atoms. The molecule has 0 radical (unpaired) electrons. The molecule has 0 saturated heterocycles. The molecule has 0 aliphatic heterocycles. The first kappa shape index (κ1) is 17.2. The van der Waals surface area contributed by atoms with Gasteiger partial charge in [-0.1, -0.05) is 48.5 Å². The molecule has 0 spiro atoms. The highest BCUT2D eigenvalue weighted by Gasteiger charge is 2.29. The number of ether oxygens (including phenoxy) is 1. The molecule has 3 rings (SSSR count). The zero-order valence-electron chi connectivity index (χ0n) is 14.4. The van der Waals surface area contributed by atoms with E-state index < -0.39 is 5.97 Å². The molecule has 2 aromatic carbocycles. The van der Waals surface area contributed by atoms with Crippen LogP contribution in [-0.2, 0) is 16.0 Å². The standard InChI is InChI=1S/C21H23NO3/c1-15(17-11-12-17)22-20(23)14-25-21(24)19-10-6-5-9-18(19)13-16-7-3-2-4-8-16/h2-10,15,17H,11-14H2,1H3,(H,22,23)/t15-/m1/s1. The number of carbonyl (C=O) groups is 2. The first-order chi connectivity index (χ1) is 12.1. The molecule has 1 aliphatic carbocycles. The SMILES string of the molecule is C[C@@H](NC(=O)COC(=O)c1ccccc1Cc1ccccc1)C1CC1. The third kappa shape index (κ3) is 4.92. The molecule has 1 amide bonds. The summed E-state index contributed by atoms with van der Waals surface area (Å²) in [7, 11) is 0. The molecule has 130 valence electrons. The van der Waals surface area contributed by atoms with Gasteiger partial charge >= 0.3 is 5.97 Å². The van der Waals surface area contributed by atoms with Gasteiger partial charge in [-0.15, -0.1) is 0 Å². The topological polar surface area (TPSA) is 55.4 Å². The maximum absolute atomic E-state index is 12.4. The highest BCUT2D eigenvalue weighted by atomic mass is 16.5. The zero-order valence-corrected chi connectivity index (χ0v) is 14.4. The van der Waals surface area contributed by atoms with Crippen molar-refractivity contribution < 1.29 is 14.3 Å². The molecule has 1 aliphatic rings. The van der Waals surface area contributed by atoms with E-state index in [1.807, 2.05) is 49.4 Å². The summed E-state index contributed by atoms with van der Waals surface area (Å²) in [6, 6.07) is 17.5. The minimum Gasteiger partial charge on any atom is -0.452 e. The molecular weight excluding hydrogens is 314 g/mol. The van der Waals surface area contributed by atoms with E-state index in [2.05, 4.69) is 5.32 Å². The fraction of sp³-hybridized carbons (Fsp3) is 0.333. The van der Waals surface area contributed by atoms with Gasteiger partial charge in [0.15, 0.2) is 6.61 Å². The molecular formula is C21H23NO3. The lowest BCUT2D eigenvalue weighted by Crippen LogP contribution is -2.37. The van der Waals surface area contributed by atoms with Crippen molar-refractivity contribution in [2.24, 2.45) is 5.92 Å². The Morgan fingerprint density at radius 2 is 1.76 bits per heavy atom. The minimum absolute atomic E-state index is 0.150. The smallest absolute Gasteiger partial charge is 0.338 e. The van der Waals surface area contributed by atoms with Crippen LogP contribution < -0.4 is 5.32 Å². The highest BCUT2D eigenvalue weighted by molar-refractivity contribution is 5.92. The predicted octanol–water partition coefficient (Wildman–Crippen LogP) is 3.35. The van der Waals surface area contributed by atoms with Gasteiger partial charge in [0, 0.05) is 6.04 Å². The molecule has 1 fully saturated rings. The largest absolute Gasteiger partial charge is 0.452 e. The molecule has 4 heteroatoms. The molecule has 1 atom stereocenters. The van der Waals surface area contributed by atoms with E-state index in [0.29, 0.717) is 17.9 Å². The molecule has 0 aromatic heterocycles. The van der Waals surface area contributed by atoms with Crippen LogP contribution in [0.15, 0.2) is 54.6 Å². The van der Waals surface area contributed by atoms with Crippen LogP contribution >= 0.6 is 0 Å². The molecule has 1 N–H and O–H groups in total. The Morgan fingerprint density at radius 3 is 2.48 bits per heavy atom. The van der Waals surface area contributed by atoms with Crippen molar-refractivity contribution in [3.8, 4) is 0 Å². The van der Waals surface area contributed by atoms with Crippen LogP contribution in [0.5, 0.6) is 0 Å². The number of esters is 1. The van der Waals surface area contributed by atoms with Crippen molar-refractivity contribution in [3.63, 3.8) is 0 Å². The third-order valence-electron chi connectivity index (χ3n) is 4.53. The van der Waals surface area contributed by atoms with Crippen LogP contribution in [0.2, 0.25) is 0 Å². The van der Waals surface area contributed by atoms with Crippen molar-refractivity contribution >= 4 is 11.9 Å². The summed E-state index contributed by atoms with van der Waals surface area (Å²) < 4.78 is 5.22. The van der Waals surface area contributed by atoms with Crippen molar-refractivity contribution in [1.82, 2.24) is 5.32 Å². The Balaban J connectivity index is 1.59. The Hall–Kier alpha value is -2.62. The van der Waals surface area contributed by atoms with Crippen LogP contribution in [0.3, 0.4) is 0 Å². The third-order valence-corrected chi connectivity index (χ3v) is 4.53. The van der Waals surface area contributed by atoms with Crippen molar-refractivity contribution in [2.45, 2.75) is 32.2 Å². The lowest BCUT2D eigenvalue weighted by atomic mass is 10.00. The molecule has 0 unspecified atom stereocenters. The first-order valence-electron chi connectivity index (χ1n) is 8.72. The minimum atomic E-state index is -0.458. The Labute approximate surface area is 148 Å². The summed E-state index contributed by atoms with van der Waals surface area (Å²) in [5.41, 5.74) is 2.53. The fourth-order valence-electron chi connectivity index (χ4n) is 2.91. The second-order valence-electron chi connectivity index (χ2n) is 6.59. The van der Waals surface area contributed by atoms with E-state index >= 15 is 0 Å². The van der Waals surface area contributed by atoms with Crippen LogP contribution in [0.4, 0.5) is 0 Å². The number of hydrogen-bond acceptors (Lipinski definition) is 3. The van der Waals surface area contributed by atoms with Gasteiger partial charge in [0.1, 0.15) is 0 Å². The van der Waals surface area contributed by atoms with Gasteiger partial charge < -0.3 is 10.1 Å². The van der Waals surface area contributed by atoms with E-state index in [1.54, 1.807) is 12.1 Å². The monoisotopic (exact) mass is 337 g/mol. The van der Waals surface area contributed by atoms with Crippen molar-refractivity contribution in [2.75, 3.05) is 6.61 Å². The number of rotatable bonds is 7. The summed E-state index contributed by atoms with van der Waals surface area (Å²) >= 11 is 0. The lowest BCUT2D eigenvalue weighted by molar-refractivity contribution is -0.124. The van der Waals surface area contributed by atoms with Gasteiger partial charge in [0.2, 0.25) is 0 Å². The number of amides is 1. The van der Waals surface area contributed by atoms with Gasteiger partial charge in [-0.05, 0) is 49.3 Å². The van der Waals surface area contributed by atoms with Crippen LogP contribution in [0.1, 0.15) is 41.3 Å². The number of carbonyl (C=O) groups excluding carboxylic acids is 2. The first-order valence-corrected chi connectivity index (χ1v) is 8.72. The van der Waals surface area contributed by atoms with E-state index in [-0.39, 0.29) is 18.6 Å². The molecule has 2 aromatic rings. The predicted molar refractivity (Wildman–Crippen MR) is 96.3 cm³/mol. The molecule has 25 heavy (non-hydrogen) atoms. The maximum Gasteiger partial charge on any atom is 0.338 e. The van der Waals surface area contributed by atoms with Gasteiger partial charge in [-0.25, -0.2) is 4.79 Å². The van der Waals surface area contributed by atoms with Crippen molar-refractivity contribution in [1.29, 1.82) is 0 Å². The van der Waals surface area contributed by atoms with Gasteiger partial charge in [0.25, 0.3) is 5.91 Å². The highest BCUT2D eigenvalue weighted by Crippen LogP contribution is 2.32. The van der Waals surface area contributed by atoms with E-state index in [4.69, 9.17) is 4.74 Å². The average molecular weight is 337 g/mol. The maximum atomic E-state index is 12.4. The van der Waals surface area contributed by atoms with Crippen LogP contribution in [0.25, 0.3) is 0 Å². The van der Waals surface area contributed by atoms with Gasteiger partial charge in [-0.2, -0.15) is 0 Å². The summed E-state index contributed by atoms with van der Waals surface area (Å²) in [6.45, 7) is 1.75. The Morgan fingerprint density at radius 1 is 1.08 bits per heavy atom. The molecule has 0 heterocycles. The average Bonchev–Trinajstić information content (AvgIpc) is 3.46. The normalized spacial score (nSPS) is 14.6. The van der Waals surface area contributed by atoms with E-state index in [1.165, 1.54) is 0 Å². The molecule has 1 saturated carbocycles. The van der Waals surface area contributed by atoms with E-state index in [0.717, 1.165) is 24.0 Å². The quantitative estimate of drug-likeness (QED) is 0.788. The van der Waals surface area contributed by atoms with Crippen LogP contribution in [0, 0.1) is 5.92 Å². The van der Waals surface area contributed by atoms with Gasteiger partial charge in [-0.3, -0.25) is 4.79 Å². The second-order valence-corrected chi connectivity index (χ2v) is 6.59. The Kier molecular flexibility index (Phi) is 5.49. The van der Waals surface area contributed by atoms with Crippen molar-refractivity contribution in [3.05, 3.63) is 71.3 Å². The summed E-state index contributed by atoms with van der Waals surface area (Å²) in [4.78, 5) is 24.3. The van der Waals surface area contributed by atoms with Gasteiger partial charge in [0.05, 0.1) is 5.56 Å². The number of benzene rings is 2. The summed E-state index contributed by atoms with van der Waals surface area (Å²) in [5.74, 6) is -0.125. The second kappa shape index (κ2) is 7.97. The zero-order chi connectivity index (χ0) is 17.6. The molecule has 4 nitrogen and oxygen atoms in total. The summed E-state index contributed by atoms with van der Waals surface area (Å²) in [6.07, 6.45) is 2.97. The number of nitrogens with one attached hydrogen (secondary N) is 1. The summed E-state index contributed by atoms with van der Waals surface area (Å²) in [5, 5.41) is 2.89. The van der Waals surface area contributed by atoms with Crippen LogP contribution in [-0.4, -0.2) is 24.5 Å². The fourth-order valence-corrected chi connectivity index (χ4v) is 2.91. The lowest BCUT2D eigenvalue weighted by Gasteiger charge is -2.13. The Bertz CT molecular complexity index is 738.